The summed E-state index contributed by atoms with van der Waals surface area (Å²) in [6, 6.07) is 0.0562. The molecule has 0 aromatic heterocycles. The molecule has 0 radical (unpaired) electrons. The summed E-state index contributed by atoms with van der Waals surface area (Å²) in [7, 11) is 0. The van der Waals surface area contributed by atoms with Gasteiger partial charge in [-0.3, -0.25) is 9.59 Å². The monoisotopic (exact) mass is 200 g/mol. The quantitative estimate of drug-likeness (QED) is 0.638. The molecule has 1 unspecified atom stereocenters. The second-order valence-electron chi connectivity index (χ2n) is 3.24. The van der Waals surface area contributed by atoms with Crippen molar-refractivity contribution in [2.45, 2.75) is 25.8 Å². The van der Waals surface area contributed by atoms with E-state index in [1.54, 1.807) is 0 Å². The second kappa shape index (κ2) is 5.59. The Morgan fingerprint density at radius 3 is 3.07 bits per heavy atom. The molecule has 0 saturated carbocycles. The summed E-state index contributed by atoms with van der Waals surface area (Å²) in [4.78, 5) is 22.0. The van der Waals surface area contributed by atoms with E-state index < -0.39 is 0 Å². The molecule has 0 aliphatic carbocycles. The number of nitrogens with one attached hydrogen (secondary N) is 2. The topological polar surface area (TPSA) is 67.4 Å². The van der Waals surface area contributed by atoms with E-state index in [4.69, 9.17) is 4.74 Å². The highest BCUT2D eigenvalue weighted by Crippen LogP contribution is 2.02. The zero-order valence-electron chi connectivity index (χ0n) is 8.34. The number of amides is 2. The molecule has 0 bridgehead atoms. The van der Waals surface area contributed by atoms with Crippen LogP contribution in [0.2, 0.25) is 0 Å². The Kier molecular flexibility index (Phi) is 4.39. The highest BCUT2D eigenvalue weighted by molar-refractivity contribution is 5.79. The number of carbonyl (C=O) groups is 2. The average molecular weight is 200 g/mol. The molecule has 0 aromatic rings. The zero-order chi connectivity index (χ0) is 10.4. The molecule has 5 nitrogen and oxygen atoms in total. The summed E-state index contributed by atoms with van der Waals surface area (Å²) in [6.45, 7) is 3.00. The van der Waals surface area contributed by atoms with Crippen molar-refractivity contribution in [1.29, 1.82) is 0 Å². The minimum absolute atomic E-state index is 0.0558. The Labute approximate surface area is 83.2 Å². The minimum Gasteiger partial charge on any atom is -0.372 e. The first-order valence-corrected chi connectivity index (χ1v) is 4.86. The maximum atomic E-state index is 11.2. The molecule has 2 N–H and O–H groups in total. The van der Waals surface area contributed by atoms with Gasteiger partial charge in [0.1, 0.15) is 6.61 Å². The molecule has 80 valence electrons. The number of rotatable bonds is 4. The van der Waals surface area contributed by atoms with E-state index in [0.29, 0.717) is 26.0 Å². The molecular weight excluding hydrogens is 184 g/mol. The Hall–Kier alpha value is -1.10. The van der Waals surface area contributed by atoms with Gasteiger partial charge in [-0.1, -0.05) is 0 Å². The number of carbonyl (C=O) groups excluding carboxylic acids is 2. The summed E-state index contributed by atoms with van der Waals surface area (Å²) in [5.74, 6) is -0.0618. The number of hydrogen-bond donors (Lipinski definition) is 2. The fourth-order valence-electron chi connectivity index (χ4n) is 1.32. The van der Waals surface area contributed by atoms with Crippen LogP contribution in [-0.2, 0) is 14.3 Å². The third-order valence-electron chi connectivity index (χ3n) is 2.07. The maximum absolute atomic E-state index is 11.2. The molecule has 1 saturated heterocycles. The van der Waals surface area contributed by atoms with Crippen LogP contribution >= 0.6 is 0 Å². The van der Waals surface area contributed by atoms with Gasteiger partial charge in [-0.05, 0) is 13.3 Å². The van der Waals surface area contributed by atoms with Crippen molar-refractivity contribution >= 4 is 11.8 Å². The smallest absolute Gasteiger partial charge is 0.246 e. The van der Waals surface area contributed by atoms with Gasteiger partial charge in [0.05, 0.1) is 0 Å². The van der Waals surface area contributed by atoms with Crippen LogP contribution in [0.1, 0.15) is 19.8 Å². The van der Waals surface area contributed by atoms with Gasteiger partial charge in [0, 0.05) is 25.6 Å². The van der Waals surface area contributed by atoms with Gasteiger partial charge in [0.15, 0.2) is 0 Å². The van der Waals surface area contributed by atoms with E-state index in [-0.39, 0.29) is 24.5 Å². The van der Waals surface area contributed by atoms with Gasteiger partial charge in [0.2, 0.25) is 11.8 Å². The van der Waals surface area contributed by atoms with Gasteiger partial charge in [-0.25, -0.2) is 0 Å². The molecule has 1 heterocycles. The van der Waals surface area contributed by atoms with Gasteiger partial charge >= 0.3 is 0 Å². The second-order valence-corrected chi connectivity index (χ2v) is 3.24. The lowest BCUT2D eigenvalue weighted by Crippen LogP contribution is -2.48. The van der Waals surface area contributed by atoms with E-state index in [0.717, 1.165) is 0 Å². The molecule has 14 heavy (non-hydrogen) atoms. The lowest BCUT2D eigenvalue weighted by Gasteiger charge is -2.23. The lowest BCUT2D eigenvalue weighted by atomic mass is 10.1. The van der Waals surface area contributed by atoms with Gasteiger partial charge in [-0.15, -0.1) is 0 Å². The standard InChI is InChI=1S/C9H16N2O3/c1-2-14-6-9(13)11-7-3-4-8(12)10-5-7/h7H,2-6H2,1H3,(H,10,12)(H,11,13). The minimum atomic E-state index is -0.118. The first kappa shape index (κ1) is 11.0. The van der Waals surface area contributed by atoms with E-state index in [9.17, 15) is 9.59 Å². The predicted octanol–water partition coefficient (Wildman–Crippen LogP) is -0.582. The highest BCUT2D eigenvalue weighted by atomic mass is 16.5. The number of hydrogen-bond acceptors (Lipinski definition) is 3. The molecule has 2 amide bonds. The largest absolute Gasteiger partial charge is 0.372 e. The van der Waals surface area contributed by atoms with Crippen molar-refractivity contribution in [3.05, 3.63) is 0 Å². The number of piperidine rings is 1. The third-order valence-corrected chi connectivity index (χ3v) is 2.07. The lowest BCUT2D eigenvalue weighted by molar-refractivity contribution is -0.128. The van der Waals surface area contributed by atoms with Crippen LogP contribution in [0.15, 0.2) is 0 Å². The van der Waals surface area contributed by atoms with Crippen LogP contribution in [0, 0.1) is 0 Å². The highest BCUT2D eigenvalue weighted by Gasteiger charge is 2.19. The molecule has 0 aromatic carbocycles. The summed E-state index contributed by atoms with van der Waals surface area (Å²) in [5.41, 5.74) is 0. The van der Waals surface area contributed by atoms with Crippen molar-refractivity contribution in [1.82, 2.24) is 10.6 Å². The van der Waals surface area contributed by atoms with Gasteiger partial charge < -0.3 is 15.4 Å². The molecule has 1 aliphatic rings. The van der Waals surface area contributed by atoms with E-state index >= 15 is 0 Å². The SMILES string of the molecule is CCOCC(=O)NC1CCC(=O)NC1. The zero-order valence-corrected chi connectivity index (χ0v) is 8.34. The molecule has 1 atom stereocenters. The van der Waals surface area contributed by atoms with Crippen LogP contribution in [0.4, 0.5) is 0 Å². The first-order valence-electron chi connectivity index (χ1n) is 4.86. The molecule has 5 heteroatoms. The average Bonchev–Trinajstić information content (AvgIpc) is 2.18. The Balaban J connectivity index is 2.17. The normalized spacial score (nSPS) is 21.5. The van der Waals surface area contributed by atoms with E-state index in [2.05, 4.69) is 10.6 Å². The van der Waals surface area contributed by atoms with Gasteiger partial charge in [0.25, 0.3) is 0 Å². The summed E-state index contributed by atoms with van der Waals surface area (Å²) >= 11 is 0. The van der Waals surface area contributed by atoms with Crippen molar-refractivity contribution in [2.75, 3.05) is 19.8 Å². The Bertz CT molecular complexity index is 208. The molecule has 1 aliphatic heterocycles. The Morgan fingerprint density at radius 1 is 1.71 bits per heavy atom. The molecule has 0 spiro atoms. The molecule has 1 fully saturated rings. The van der Waals surface area contributed by atoms with Gasteiger partial charge in [-0.2, -0.15) is 0 Å². The first-order chi connectivity index (χ1) is 6.72. The van der Waals surface area contributed by atoms with Crippen LogP contribution in [0.5, 0.6) is 0 Å². The van der Waals surface area contributed by atoms with Crippen molar-refractivity contribution < 1.29 is 14.3 Å². The predicted molar refractivity (Wildman–Crippen MR) is 50.7 cm³/mol. The van der Waals surface area contributed by atoms with Crippen LogP contribution in [-0.4, -0.2) is 37.6 Å². The molecular formula is C9H16N2O3. The fraction of sp³-hybridized carbons (Fsp3) is 0.778. The summed E-state index contributed by atoms with van der Waals surface area (Å²) in [5, 5.41) is 5.49. The number of ether oxygens (including phenoxy) is 1. The summed E-state index contributed by atoms with van der Waals surface area (Å²) in [6.07, 6.45) is 1.20. The molecule has 1 rings (SSSR count). The Morgan fingerprint density at radius 2 is 2.50 bits per heavy atom. The summed E-state index contributed by atoms with van der Waals surface area (Å²) < 4.78 is 4.96. The van der Waals surface area contributed by atoms with Crippen LogP contribution in [0.3, 0.4) is 0 Å². The van der Waals surface area contributed by atoms with Crippen LogP contribution in [0.25, 0.3) is 0 Å². The third kappa shape index (κ3) is 3.74. The van der Waals surface area contributed by atoms with Crippen molar-refractivity contribution in [3.8, 4) is 0 Å². The van der Waals surface area contributed by atoms with Crippen molar-refractivity contribution in [3.63, 3.8) is 0 Å². The van der Waals surface area contributed by atoms with E-state index in [1.165, 1.54) is 0 Å². The van der Waals surface area contributed by atoms with Crippen LogP contribution < -0.4 is 10.6 Å². The fourth-order valence-corrected chi connectivity index (χ4v) is 1.32. The van der Waals surface area contributed by atoms with Crippen molar-refractivity contribution in [2.24, 2.45) is 0 Å². The van der Waals surface area contributed by atoms with E-state index in [1.807, 2.05) is 6.92 Å². The maximum Gasteiger partial charge on any atom is 0.246 e.